The van der Waals surface area contributed by atoms with E-state index in [4.69, 9.17) is 4.42 Å². The van der Waals surface area contributed by atoms with Crippen LogP contribution in [0, 0.1) is 6.92 Å². The van der Waals surface area contributed by atoms with Crippen molar-refractivity contribution in [2.45, 2.75) is 50.2 Å². The molecular formula is C14H25N3O3S. The summed E-state index contributed by atoms with van der Waals surface area (Å²) in [5, 5.41) is 2.95. The van der Waals surface area contributed by atoms with E-state index in [-0.39, 0.29) is 10.9 Å². The smallest absolute Gasteiger partial charge is 0.244 e. The topological polar surface area (TPSA) is 74.6 Å². The van der Waals surface area contributed by atoms with E-state index < -0.39 is 10.0 Å². The minimum absolute atomic E-state index is 0.0109. The highest BCUT2D eigenvalue weighted by atomic mass is 32.2. The molecule has 120 valence electrons. The number of furan rings is 1. The highest BCUT2D eigenvalue weighted by Crippen LogP contribution is 2.22. The standard InChI is InChI=1S/C14H25N3O3S/c1-10-7-12(5-6-17(10)4)16-21(18,19)14-8-13(9-15-3)20-11(14)2/h8,10,12,15-16H,5-7,9H2,1-4H3. The van der Waals surface area contributed by atoms with Gasteiger partial charge in [0, 0.05) is 18.2 Å². The van der Waals surface area contributed by atoms with Crippen LogP contribution in [0.1, 0.15) is 31.3 Å². The molecule has 0 amide bonds. The Morgan fingerprint density at radius 2 is 2.19 bits per heavy atom. The van der Waals surface area contributed by atoms with E-state index in [9.17, 15) is 8.42 Å². The Morgan fingerprint density at radius 1 is 1.48 bits per heavy atom. The maximum absolute atomic E-state index is 12.5. The van der Waals surface area contributed by atoms with Crippen molar-refractivity contribution in [3.05, 3.63) is 17.6 Å². The van der Waals surface area contributed by atoms with Gasteiger partial charge in [-0.1, -0.05) is 0 Å². The summed E-state index contributed by atoms with van der Waals surface area (Å²) >= 11 is 0. The van der Waals surface area contributed by atoms with Crippen LogP contribution in [0.5, 0.6) is 0 Å². The van der Waals surface area contributed by atoms with Crippen LogP contribution in [0.25, 0.3) is 0 Å². The third-order valence-corrected chi connectivity index (χ3v) is 5.72. The molecule has 1 aromatic heterocycles. The zero-order chi connectivity index (χ0) is 15.6. The second kappa shape index (κ2) is 6.48. The number of sulfonamides is 1. The maximum atomic E-state index is 12.5. The second-order valence-corrected chi connectivity index (χ2v) is 7.52. The Hall–Kier alpha value is -0.890. The van der Waals surface area contributed by atoms with Crippen LogP contribution in [-0.4, -0.2) is 46.0 Å². The molecule has 0 saturated carbocycles. The molecule has 2 N–H and O–H groups in total. The number of aryl methyl sites for hydroxylation is 1. The molecule has 0 aliphatic carbocycles. The predicted molar refractivity (Wildman–Crippen MR) is 81.6 cm³/mol. The van der Waals surface area contributed by atoms with E-state index in [1.54, 1.807) is 20.0 Å². The lowest BCUT2D eigenvalue weighted by atomic mass is 10.0. The molecule has 21 heavy (non-hydrogen) atoms. The molecule has 0 spiro atoms. The van der Waals surface area contributed by atoms with E-state index in [0.717, 1.165) is 19.4 Å². The number of nitrogens with zero attached hydrogens (tertiary/aromatic N) is 1. The van der Waals surface area contributed by atoms with Crippen molar-refractivity contribution in [3.63, 3.8) is 0 Å². The predicted octanol–water partition coefficient (Wildman–Crippen LogP) is 1.07. The largest absolute Gasteiger partial charge is 0.464 e. The number of likely N-dealkylation sites (tertiary alicyclic amines) is 1. The SMILES string of the molecule is CNCc1cc(S(=O)(=O)NC2CCN(C)C(C)C2)c(C)o1. The van der Waals surface area contributed by atoms with Crippen molar-refractivity contribution < 1.29 is 12.8 Å². The highest BCUT2D eigenvalue weighted by Gasteiger charge is 2.29. The van der Waals surface area contributed by atoms with E-state index >= 15 is 0 Å². The number of hydrogen-bond acceptors (Lipinski definition) is 5. The Morgan fingerprint density at radius 3 is 2.81 bits per heavy atom. The van der Waals surface area contributed by atoms with Crippen LogP contribution in [-0.2, 0) is 16.6 Å². The van der Waals surface area contributed by atoms with Crippen LogP contribution in [0.15, 0.2) is 15.4 Å². The van der Waals surface area contributed by atoms with Crippen LogP contribution in [0.4, 0.5) is 0 Å². The Bertz CT molecular complexity index is 582. The Labute approximate surface area is 126 Å². The third kappa shape index (κ3) is 3.85. The van der Waals surface area contributed by atoms with E-state index in [0.29, 0.717) is 24.1 Å². The molecule has 2 rings (SSSR count). The summed E-state index contributed by atoms with van der Waals surface area (Å²) in [6, 6.07) is 1.98. The third-order valence-electron chi connectivity index (χ3n) is 4.09. The number of rotatable bonds is 5. The lowest BCUT2D eigenvalue weighted by Gasteiger charge is -2.35. The van der Waals surface area contributed by atoms with Crippen molar-refractivity contribution in [3.8, 4) is 0 Å². The van der Waals surface area contributed by atoms with Gasteiger partial charge in [0.05, 0.1) is 6.54 Å². The molecule has 0 radical (unpaired) electrons. The first-order chi connectivity index (χ1) is 9.83. The quantitative estimate of drug-likeness (QED) is 0.850. The van der Waals surface area contributed by atoms with Gasteiger partial charge in [-0.2, -0.15) is 0 Å². The fourth-order valence-corrected chi connectivity index (χ4v) is 4.22. The zero-order valence-corrected chi connectivity index (χ0v) is 14.0. The fourth-order valence-electron chi connectivity index (χ4n) is 2.73. The number of hydrogen-bond donors (Lipinski definition) is 2. The number of piperidine rings is 1. The lowest BCUT2D eigenvalue weighted by molar-refractivity contribution is 0.178. The molecule has 1 saturated heterocycles. The summed E-state index contributed by atoms with van der Waals surface area (Å²) in [6.45, 7) is 5.23. The Balaban J connectivity index is 2.11. The molecular weight excluding hydrogens is 290 g/mol. The van der Waals surface area contributed by atoms with Gasteiger partial charge in [-0.25, -0.2) is 13.1 Å². The van der Waals surface area contributed by atoms with Crippen molar-refractivity contribution in [2.24, 2.45) is 0 Å². The van der Waals surface area contributed by atoms with Crippen molar-refractivity contribution in [1.82, 2.24) is 14.9 Å². The van der Waals surface area contributed by atoms with Gasteiger partial charge < -0.3 is 14.6 Å². The van der Waals surface area contributed by atoms with Crippen LogP contribution >= 0.6 is 0 Å². The summed E-state index contributed by atoms with van der Waals surface area (Å²) in [7, 11) is 0.346. The van der Waals surface area contributed by atoms with Crippen molar-refractivity contribution in [2.75, 3.05) is 20.6 Å². The van der Waals surface area contributed by atoms with Crippen LogP contribution in [0.3, 0.4) is 0 Å². The summed E-state index contributed by atoms with van der Waals surface area (Å²) in [4.78, 5) is 2.50. The summed E-state index contributed by atoms with van der Waals surface area (Å²) < 4.78 is 33.3. The first-order valence-electron chi connectivity index (χ1n) is 7.30. The normalized spacial score (nSPS) is 24.4. The second-order valence-electron chi connectivity index (χ2n) is 5.84. The zero-order valence-electron chi connectivity index (χ0n) is 13.1. The summed E-state index contributed by atoms with van der Waals surface area (Å²) in [5.41, 5.74) is 0. The first kappa shape index (κ1) is 16.5. The molecule has 2 heterocycles. The van der Waals surface area contributed by atoms with Crippen molar-refractivity contribution >= 4 is 10.0 Å². The fraction of sp³-hybridized carbons (Fsp3) is 0.714. The van der Waals surface area contributed by atoms with E-state index in [2.05, 4.69) is 28.9 Å². The van der Waals surface area contributed by atoms with Crippen molar-refractivity contribution in [1.29, 1.82) is 0 Å². The highest BCUT2D eigenvalue weighted by molar-refractivity contribution is 7.89. The average molecular weight is 315 g/mol. The van der Waals surface area contributed by atoms with E-state index in [1.165, 1.54) is 0 Å². The molecule has 0 aromatic carbocycles. The summed E-state index contributed by atoms with van der Waals surface area (Å²) in [6.07, 6.45) is 1.66. The molecule has 2 atom stereocenters. The van der Waals surface area contributed by atoms with Gasteiger partial charge in [-0.15, -0.1) is 0 Å². The molecule has 1 aliphatic rings. The first-order valence-corrected chi connectivity index (χ1v) is 8.78. The summed E-state index contributed by atoms with van der Waals surface area (Å²) in [5.74, 6) is 1.07. The minimum Gasteiger partial charge on any atom is -0.464 e. The van der Waals surface area contributed by atoms with E-state index in [1.807, 2.05) is 0 Å². The molecule has 6 nitrogen and oxygen atoms in total. The molecule has 7 heteroatoms. The van der Waals surface area contributed by atoms with Crippen LogP contribution in [0.2, 0.25) is 0 Å². The minimum atomic E-state index is -3.52. The van der Waals surface area contributed by atoms with Gasteiger partial charge in [-0.3, -0.25) is 0 Å². The van der Waals surface area contributed by atoms with Gasteiger partial charge in [0.15, 0.2) is 0 Å². The Kier molecular flexibility index (Phi) is 5.08. The van der Waals surface area contributed by atoms with Gasteiger partial charge >= 0.3 is 0 Å². The monoisotopic (exact) mass is 315 g/mol. The molecule has 2 unspecified atom stereocenters. The lowest BCUT2D eigenvalue weighted by Crippen LogP contribution is -2.47. The van der Waals surface area contributed by atoms with Crippen LogP contribution < -0.4 is 10.0 Å². The molecule has 1 aromatic rings. The maximum Gasteiger partial charge on any atom is 0.244 e. The van der Waals surface area contributed by atoms with Gasteiger partial charge in [-0.05, 0) is 47.3 Å². The number of nitrogens with one attached hydrogen (secondary N) is 2. The van der Waals surface area contributed by atoms with Gasteiger partial charge in [0.1, 0.15) is 16.4 Å². The van der Waals surface area contributed by atoms with Gasteiger partial charge in [0.25, 0.3) is 0 Å². The van der Waals surface area contributed by atoms with Gasteiger partial charge in [0.2, 0.25) is 10.0 Å². The molecule has 0 bridgehead atoms. The molecule has 1 fully saturated rings. The molecule has 1 aliphatic heterocycles. The average Bonchev–Trinajstić information content (AvgIpc) is 2.76.